The number of rotatable bonds is 3. The van der Waals surface area contributed by atoms with Crippen molar-refractivity contribution in [2.75, 3.05) is 0 Å². The summed E-state index contributed by atoms with van der Waals surface area (Å²) in [6.07, 6.45) is 1.65. The first-order valence-corrected chi connectivity index (χ1v) is 6.18. The van der Waals surface area contributed by atoms with Crippen molar-refractivity contribution in [3.8, 4) is 0 Å². The average Bonchev–Trinajstić information content (AvgIpc) is 2.76. The summed E-state index contributed by atoms with van der Waals surface area (Å²) in [5.41, 5.74) is 0.778. The first-order valence-electron chi connectivity index (χ1n) is 4.11. The Morgan fingerprint density at radius 2 is 2.47 bits per heavy atom. The lowest BCUT2D eigenvalue weighted by molar-refractivity contribution is 0.271. The number of aliphatic hydroxyl groups is 1. The summed E-state index contributed by atoms with van der Waals surface area (Å²) in [6.45, 7) is -0.0112. The molecule has 0 fully saturated rings. The number of imidazole rings is 1. The second-order valence-electron chi connectivity index (χ2n) is 2.79. The van der Waals surface area contributed by atoms with Crippen molar-refractivity contribution in [2.45, 2.75) is 16.1 Å². The normalized spacial score (nSPS) is 10.9. The predicted octanol–water partition coefficient (Wildman–Crippen LogP) is 2.17. The largest absolute Gasteiger partial charge is 0.390 e. The minimum atomic E-state index is -0.0112. The number of hydrogen-bond acceptors (Lipinski definition) is 5. The molecule has 0 atom stereocenters. The van der Waals surface area contributed by atoms with E-state index in [9.17, 15) is 0 Å². The maximum atomic E-state index is 9.00. The molecule has 0 radical (unpaired) electrons. The SMILES string of the molecule is Cn1c(CO)cnc1Sc1nc(Cl)cs1. The zero-order valence-corrected chi connectivity index (χ0v) is 10.2. The smallest absolute Gasteiger partial charge is 0.175 e. The molecule has 4 nitrogen and oxygen atoms in total. The van der Waals surface area contributed by atoms with Crippen molar-refractivity contribution in [2.24, 2.45) is 7.05 Å². The number of nitrogens with zero attached hydrogens (tertiary/aromatic N) is 3. The minimum absolute atomic E-state index is 0.0112. The zero-order valence-electron chi connectivity index (χ0n) is 7.85. The molecule has 0 saturated carbocycles. The van der Waals surface area contributed by atoms with E-state index in [-0.39, 0.29) is 6.61 Å². The highest BCUT2D eigenvalue weighted by atomic mass is 35.5. The number of halogens is 1. The minimum Gasteiger partial charge on any atom is -0.390 e. The molecular formula is C8H8ClN3OS2. The molecule has 0 aliphatic carbocycles. The summed E-state index contributed by atoms with van der Waals surface area (Å²) < 4.78 is 2.68. The number of thiazole rings is 1. The van der Waals surface area contributed by atoms with Crippen LogP contribution in [0.2, 0.25) is 5.15 Å². The van der Waals surface area contributed by atoms with Gasteiger partial charge in [0.05, 0.1) is 18.5 Å². The topological polar surface area (TPSA) is 50.9 Å². The van der Waals surface area contributed by atoms with Crippen LogP contribution in [0.1, 0.15) is 5.69 Å². The highest BCUT2D eigenvalue weighted by molar-refractivity contribution is 8.00. The van der Waals surface area contributed by atoms with Crippen molar-refractivity contribution in [1.82, 2.24) is 14.5 Å². The van der Waals surface area contributed by atoms with Crippen LogP contribution in [-0.4, -0.2) is 19.6 Å². The van der Waals surface area contributed by atoms with Gasteiger partial charge in [0.15, 0.2) is 9.50 Å². The van der Waals surface area contributed by atoms with Gasteiger partial charge in [0.2, 0.25) is 0 Å². The van der Waals surface area contributed by atoms with Crippen LogP contribution in [0.25, 0.3) is 0 Å². The first kappa shape index (κ1) is 10.9. The summed E-state index contributed by atoms with van der Waals surface area (Å²) in [6, 6.07) is 0. The molecule has 80 valence electrons. The summed E-state index contributed by atoms with van der Waals surface area (Å²) >= 11 is 8.63. The van der Waals surface area contributed by atoms with E-state index in [1.54, 1.807) is 11.6 Å². The third-order valence-electron chi connectivity index (χ3n) is 1.84. The van der Waals surface area contributed by atoms with E-state index in [1.165, 1.54) is 23.1 Å². The second-order valence-corrected chi connectivity index (χ2v) is 5.25. The highest BCUT2D eigenvalue weighted by Gasteiger charge is 2.09. The van der Waals surface area contributed by atoms with Crippen molar-refractivity contribution < 1.29 is 5.11 Å². The molecule has 0 aliphatic heterocycles. The molecule has 0 aliphatic rings. The molecule has 0 amide bonds. The molecule has 2 heterocycles. The van der Waals surface area contributed by atoms with Crippen LogP contribution in [0, 0.1) is 0 Å². The number of aliphatic hydroxyl groups excluding tert-OH is 1. The Bertz CT molecular complexity index is 468. The Morgan fingerprint density at radius 3 is 3.00 bits per heavy atom. The van der Waals surface area contributed by atoms with Gasteiger partial charge in [-0.25, -0.2) is 9.97 Å². The van der Waals surface area contributed by atoms with E-state index in [0.29, 0.717) is 5.15 Å². The van der Waals surface area contributed by atoms with Crippen LogP contribution < -0.4 is 0 Å². The van der Waals surface area contributed by atoms with Crippen molar-refractivity contribution in [1.29, 1.82) is 0 Å². The molecule has 15 heavy (non-hydrogen) atoms. The van der Waals surface area contributed by atoms with Gasteiger partial charge in [-0.05, 0) is 11.8 Å². The fourth-order valence-corrected chi connectivity index (χ4v) is 2.97. The van der Waals surface area contributed by atoms with Gasteiger partial charge >= 0.3 is 0 Å². The van der Waals surface area contributed by atoms with Gasteiger partial charge in [-0.1, -0.05) is 11.6 Å². The average molecular weight is 262 g/mol. The van der Waals surface area contributed by atoms with Gasteiger partial charge in [0, 0.05) is 12.4 Å². The Morgan fingerprint density at radius 1 is 1.67 bits per heavy atom. The Labute approximate surface area is 99.9 Å². The summed E-state index contributed by atoms with van der Waals surface area (Å²) in [7, 11) is 1.86. The van der Waals surface area contributed by atoms with Crippen molar-refractivity contribution in [3.05, 3.63) is 22.4 Å². The molecule has 0 aromatic carbocycles. The fraction of sp³-hybridized carbons (Fsp3) is 0.250. The number of hydrogen-bond donors (Lipinski definition) is 1. The Kier molecular flexibility index (Phi) is 3.30. The third kappa shape index (κ3) is 2.34. The third-order valence-corrected chi connectivity index (χ3v) is 4.16. The zero-order chi connectivity index (χ0) is 10.8. The van der Waals surface area contributed by atoms with Gasteiger partial charge < -0.3 is 9.67 Å². The van der Waals surface area contributed by atoms with Crippen molar-refractivity contribution >= 4 is 34.7 Å². The van der Waals surface area contributed by atoms with E-state index < -0.39 is 0 Å². The van der Waals surface area contributed by atoms with E-state index in [2.05, 4.69) is 9.97 Å². The maximum absolute atomic E-state index is 9.00. The molecule has 7 heteroatoms. The molecular weight excluding hydrogens is 254 g/mol. The summed E-state index contributed by atoms with van der Waals surface area (Å²) in [4.78, 5) is 8.29. The molecule has 0 saturated heterocycles. The van der Waals surface area contributed by atoms with Crippen LogP contribution in [0.15, 0.2) is 21.1 Å². The Hall–Kier alpha value is -0.560. The lowest BCUT2D eigenvalue weighted by atomic mass is 10.5. The predicted molar refractivity (Wildman–Crippen MR) is 60.4 cm³/mol. The maximum Gasteiger partial charge on any atom is 0.175 e. The fourth-order valence-electron chi connectivity index (χ4n) is 1.03. The highest BCUT2D eigenvalue weighted by Crippen LogP contribution is 2.30. The lowest BCUT2D eigenvalue weighted by Crippen LogP contribution is -1.96. The van der Waals surface area contributed by atoms with Crippen LogP contribution in [0.4, 0.5) is 0 Å². The van der Waals surface area contributed by atoms with Gasteiger partial charge in [-0.15, -0.1) is 11.3 Å². The van der Waals surface area contributed by atoms with Gasteiger partial charge in [-0.3, -0.25) is 0 Å². The van der Waals surface area contributed by atoms with Gasteiger partial charge in [0.25, 0.3) is 0 Å². The monoisotopic (exact) mass is 261 g/mol. The molecule has 2 rings (SSSR count). The molecule has 1 N–H and O–H groups in total. The van der Waals surface area contributed by atoms with Crippen LogP contribution >= 0.6 is 34.7 Å². The van der Waals surface area contributed by atoms with Crippen LogP contribution in [-0.2, 0) is 13.7 Å². The van der Waals surface area contributed by atoms with E-state index >= 15 is 0 Å². The lowest BCUT2D eigenvalue weighted by Gasteiger charge is -2.00. The second kappa shape index (κ2) is 4.52. The van der Waals surface area contributed by atoms with Gasteiger partial charge in [-0.2, -0.15) is 0 Å². The quantitative estimate of drug-likeness (QED) is 0.920. The summed E-state index contributed by atoms with van der Waals surface area (Å²) in [5, 5.41) is 12.1. The van der Waals surface area contributed by atoms with Gasteiger partial charge in [0.1, 0.15) is 5.15 Å². The van der Waals surface area contributed by atoms with E-state index in [1.807, 2.05) is 11.6 Å². The van der Waals surface area contributed by atoms with Crippen molar-refractivity contribution in [3.63, 3.8) is 0 Å². The molecule has 0 unspecified atom stereocenters. The van der Waals surface area contributed by atoms with E-state index in [4.69, 9.17) is 16.7 Å². The van der Waals surface area contributed by atoms with Crippen LogP contribution in [0.3, 0.4) is 0 Å². The van der Waals surface area contributed by atoms with E-state index in [0.717, 1.165) is 15.2 Å². The molecule has 0 spiro atoms. The summed E-state index contributed by atoms with van der Waals surface area (Å²) in [5.74, 6) is 0. The number of aromatic nitrogens is 3. The standard InChI is InChI=1S/C8H8ClN3OS2/c1-12-5(3-13)2-10-7(12)15-8-11-6(9)4-14-8/h2,4,13H,3H2,1H3. The molecule has 2 aromatic rings. The van der Waals surface area contributed by atoms with Crippen LogP contribution in [0.5, 0.6) is 0 Å². The first-order chi connectivity index (χ1) is 7.20. The molecule has 2 aromatic heterocycles. The molecule has 0 bridgehead atoms. The Balaban J connectivity index is 2.21.